The van der Waals surface area contributed by atoms with Gasteiger partial charge >= 0.3 is 59.6 Å². The summed E-state index contributed by atoms with van der Waals surface area (Å²) < 4.78 is 1.45. The predicted octanol–water partition coefficient (Wildman–Crippen LogP) is 1.60. The van der Waals surface area contributed by atoms with Gasteiger partial charge in [0, 0.05) is 0 Å². The molecule has 0 bridgehead atoms. The van der Waals surface area contributed by atoms with Crippen LogP contribution in [-0.2, 0) is 0 Å². The first-order valence-electron chi connectivity index (χ1n) is 2.88. The molecule has 0 aliphatic heterocycles. The van der Waals surface area contributed by atoms with Crippen LogP contribution >= 0.6 is 0 Å². The van der Waals surface area contributed by atoms with E-state index in [0.29, 0.717) is 0 Å². The maximum atomic E-state index is 2.33. The Bertz CT molecular complexity index is 41.4. The molecule has 0 aromatic carbocycles. The van der Waals surface area contributed by atoms with Gasteiger partial charge in [-0.25, -0.2) is 0 Å². The first-order valence-corrected chi connectivity index (χ1v) is 5.21. The first-order chi connectivity index (χ1) is 3.18. The second-order valence-electron chi connectivity index (χ2n) is 2.46. The zero-order valence-corrected chi connectivity index (χ0v) is 8.73. The van der Waals surface area contributed by atoms with E-state index in [-0.39, 0.29) is 0 Å². The average Bonchev–Trinajstić information content (AvgIpc) is 1.65. The van der Waals surface area contributed by atoms with Crippen LogP contribution in [0, 0.1) is 11.8 Å². The van der Waals surface area contributed by atoms with Crippen LogP contribution in [0.15, 0.2) is 0 Å². The molecular weight excluding hydrogens is 191 g/mol. The van der Waals surface area contributed by atoms with Crippen molar-refractivity contribution in [2.24, 2.45) is 11.8 Å². The normalized spacial score (nSPS) is 15.0. The minimum absolute atomic E-state index is 0.898. The summed E-state index contributed by atoms with van der Waals surface area (Å²) in [5.41, 5.74) is 0. The third-order valence-electron chi connectivity index (χ3n) is 1.51. The maximum absolute atomic E-state index is 2.33. The monoisotopic (exact) mass is 206 g/mol. The molecular formula is C6H14Sn. The third-order valence-corrected chi connectivity index (χ3v) is 3.63. The number of rotatable bonds is 2. The molecule has 1 atom stereocenters. The van der Waals surface area contributed by atoms with Gasteiger partial charge in [0.05, 0.1) is 0 Å². The van der Waals surface area contributed by atoms with Gasteiger partial charge in [-0.2, -0.15) is 0 Å². The molecule has 0 aliphatic carbocycles. The third kappa shape index (κ3) is 3.39. The summed E-state index contributed by atoms with van der Waals surface area (Å²) in [4.78, 5) is 0. The zero-order valence-electron chi connectivity index (χ0n) is 5.44. The van der Waals surface area contributed by atoms with Crippen LogP contribution in [-0.4, -0.2) is 22.5 Å². The molecule has 0 saturated carbocycles. The molecule has 0 nitrogen and oxygen atoms in total. The van der Waals surface area contributed by atoms with Gasteiger partial charge in [-0.1, -0.05) is 0 Å². The Hall–Kier alpha value is 0.799. The van der Waals surface area contributed by atoms with Crippen LogP contribution in [0.3, 0.4) is 0 Å². The molecule has 0 amide bonds. The van der Waals surface area contributed by atoms with Crippen LogP contribution in [0.1, 0.15) is 20.8 Å². The Balaban J connectivity index is 3.14. The van der Waals surface area contributed by atoms with E-state index in [9.17, 15) is 0 Å². The Kier molecular flexibility index (Phi) is 4.19. The van der Waals surface area contributed by atoms with Gasteiger partial charge in [-0.15, -0.1) is 0 Å². The van der Waals surface area contributed by atoms with Crippen LogP contribution in [0.5, 0.6) is 0 Å². The van der Waals surface area contributed by atoms with E-state index in [4.69, 9.17) is 0 Å². The van der Waals surface area contributed by atoms with Crippen molar-refractivity contribution >= 4 is 22.5 Å². The van der Waals surface area contributed by atoms with E-state index >= 15 is 0 Å². The second-order valence-corrected chi connectivity index (χ2v) is 3.80. The molecule has 1 unspecified atom stereocenters. The molecule has 2 radical (unpaired) electrons. The van der Waals surface area contributed by atoms with Crippen molar-refractivity contribution in [1.29, 1.82) is 0 Å². The van der Waals surface area contributed by atoms with Gasteiger partial charge in [-0.3, -0.25) is 0 Å². The van der Waals surface area contributed by atoms with E-state index in [1.54, 1.807) is 0 Å². The molecule has 0 aromatic rings. The number of hydrogen-bond acceptors (Lipinski definition) is 0. The Morgan fingerprint density at radius 3 is 1.71 bits per heavy atom. The van der Waals surface area contributed by atoms with Gasteiger partial charge in [0.2, 0.25) is 0 Å². The first kappa shape index (κ1) is 7.80. The van der Waals surface area contributed by atoms with Crippen molar-refractivity contribution in [1.82, 2.24) is 0 Å². The fourth-order valence-corrected chi connectivity index (χ4v) is 1.83. The molecule has 0 rings (SSSR count). The van der Waals surface area contributed by atoms with Crippen molar-refractivity contribution in [3.8, 4) is 0 Å². The molecule has 0 N–H and O–H groups in total. The summed E-state index contributed by atoms with van der Waals surface area (Å²) >= 11 is 1.43. The molecule has 0 aliphatic rings. The van der Waals surface area contributed by atoms with Crippen LogP contribution in [0.25, 0.3) is 0 Å². The summed E-state index contributed by atoms with van der Waals surface area (Å²) in [7, 11) is 0. The summed E-state index contributed by atoms with van der Waals surface area (Å²) in [5, 5.41) is 0. The molecule has 1 heteroatoms. The molecule has 0 heterocycles. The standard InChI is InChI=1S/C6H13.Sn.H/c1-5(2)6(3)4;;/h5-6H,1H2,2-4H3;;. The molecule has 0 fully saturated rings. The van der Waals surface area contributed by atoms with Gasteiger partial charge in [0.15, 0.2) is 0 Å². The summed E-state index contributed by atoms with van der Waals surface area (Å²) in [6.07, 6.45) is 0. The number of hydrogen-bond donors (Lipinski definition) is 0. The summed E-state index contributed by atoms with van der Waals surface area (Å²) in [5.74, 6) is 1.86. The fourth-order valence-electron chi connectivity index (χ4n) is 0.272. The van der Waals surface area contributed by atoms with Gasteiger partial charge in [0.25, 0.3) is 0 Å². The van der Waals surface area contributed by atoms with E-state index < -0.39 is 0 Å². The van der Waals surface area contributed by atoms with Crippen LogP contribution in [0.2, 0.25) is 4.44 Å². The Morgan fingerprint density at radius 2 is 1.71 bits per heavy atom. The van der Waals surface area contributed by atoms with E-state index in [0.717, 1.165) is 11.8 Å². The van der Waals surface area contributed by atoms with Crippen molar-refractivity contribution in [2.75, 3.05) is 0 Å². The van der Waals surface area contributed by atoms with E-state index in [1.165, 1.54) is 27.0 Å². The Morgan fingerprint density at radius 1 is 1.29 bits per heavy atom. The summed E-state index contributed by atoms with van der Waals surface area (Å²) in [6, 6.07) is 0. The Labute approximate surface area is 59.8 Å². The summed E-state index contributed by atoms with van der Waals surface area (Å²) in [6.45, 7) is 6.91. The van der Waals surface area contributed by atoms with Crippen molar-refractivity contribution < 1.29 is 0 Å². The molecule has 7 heavy (non-hydrogen) atoms. The SMILES string of the molecule is CC(C)C(C)[CH2][SnH]. The minimum atomic E-state index is 0.898. The van der Waals surface area contributed by atoms with Crippen LogP contribution < -0.4 is 0 Å². The molecule has 0 saturated heterocycles. The molecule has 42 valence electrons. The molecule has 0 spiro atoms. The predicted molar refractivity (Wildman–Crippen MR) is 36.0 cm³/mol. The van der Waals surface area contributed by atoms with E-state index in [1.807, 2.05) is 0 Å². The van der Waals surface area contributed by atoms with Crippen molar-refractivity contribution in [3.05, 3.63) is 0 Å². The van der Waals surface area contributed by atoms with Crippen molar-refractivity contribution in [3.63, 3.8) is 0 Å². The quantitative estimate of drug-likeness (QED) is 0.600. The topological polar surface area (TPSA) is 0 Å². The zero-order chi connectivity index (χ0) is 5.86. The fraction of sp³-hybridized carbons (Fsp3) is 1.00. The van der Waals surface area contributed by atoms with Gasteiger partial charge in [0.1, 0.15) is 0 Å². The van der Waals surface area contributed by atoms with Gasteiger partial charge in [-0.05, 0) is 0 Å². The van der Waals surface area contributed by atoms with E-state index in [2.05, 4.69) is 20.8 Å². The van der Waals surface area contributed by atoms with Gasteiger partial charge < -0.3 is 0 Å². The van der Waals surface area contributed by atoms with Crippen molar-refractivity contribution in [2.45, 2.75) is 25.2 Å². The average molecular weight is 205 g/mol. The molecule has 0 aromatic heterocycles. The van der Waals surface area contributed by atoms with Crippen LogP contribution in [0.4, 0.5) is 0 Å². The second kappa shape index (κ2) is 3.76.